The molecule has 0 unspecified atom stereocenters. The van der Waals surface area contributed by atoms with E-state index in [0.717, 1.165) is 10.8 Å². The molecule has 0 aliphatic heterocycles. The van der Waals surface area contributed by atoms with Crippen LogP contribution in [0.15, 0.2) is 47.4 Å². The molecular formula is C12H15NO6S2. The highest BCUT2D eigenvalue weighted by molar-refractivity contribution is 7.85. The maximum atomic E-state index is 10.8. The summed E-state index contributed by atoms with van der Waals surface area (Å²) >= 11 is 0. The summed E-state index contributed by atoms with van der Waals surface area (Å²) in [5.41, 5.74) is 0. The molecule has 0 fully saturated rings. The molecule has 0 spiro atoms. The Hall–Kier alpha value is -1.52. The van der Waals surface area contributed by atoms with Gasteiger partial charge in [-0.2, -0.15) is 21.1 Å². The van der Waals surface area contributed by atoms with Crippen LogP contribution in [-0.2, 0) is 20.4 Å². The predicted molar refractivity (Wildman–Crippen MR) is 79.0 cm³/mol. The van der Waals surface area contributed by atoms with Gasteiger partial charge >= 0.3 is 10.3 Å². The Balaban J connectivity index is 0.000000270. The molecule has 0 aliphatic rings. The lowest BCUT2D eigenvalue weighted by Crippen LogP contribution is -2.20. The molecule has 9 heteroatoms. The zero-order valence-electron chi connectivity index (χ0n) is 11.3. The van der Waals surface area contributed by atoms with Crippen molar-refractivity contribution in [3.8, 4) is 0 Å². The van der Waals surface area contributed by atoms with Gasteiger partial charge in [0.15, 0.2) is 0 Å². The third-order valence-electron chi connectivity index (χ3n) is 2.48. The summed E-state index contributed by atoms with van der Waals surface area (Å²) < 4.78 is 58.8. The van der Waals surface area contributed by atoms with Gasteiger partial charge in [-0.1, -0.05) is 30.3 Å². The lowest BCUT2D eigenvalue weighted by Gasteiger charge is -2.00. The Bertz CT molecular complexity index is 828. The van der Waals surface area contributed by atoms with Crippen LogP contribution in [0.5, 0.6) is 0 Å². The summed E-state index contributed by atoms with van der Waals surface area (Å²) in [4.78, 5) is -0.0730. The first kappa shape index (κ1) is 17.5. The molecule has 7 nitrogen and oxygen atoms in total. The molecular weight excluding hydrogens is 318 g/mol. The molecule has 0 radical (unpaired) electrons. The maximum Gasteiger partial charge on any atom is 0.335 e. The van der Waals surface area contributed by atoms with E-state index in [-0.39, 0.29) is 4.90 Å². The molecule has 0 bridgehead atoms. The van der Waals surface area contributed by atoms with Gasteiger partial charge in [0.2, 0.25) is 0 Å². The lowest BCUT2D eigenvalue weighted by molar-refractivity contribution is 0.416. The van der Waals surface area contributed by atoms with E-state index < -0.39 is 20.4 Å². The maximum absolute atomic E-state index is 10.8. The summed E-state index contributed by atoms with van der Waals surface area (Å²) in [6.45, 7) is 0. The molecule has 21 heavy (non-hydrogen) atoms. The molecule has 2 N–H and O–H groups in total. The molecule has 2 aromatic carbocycles. The fraction of sp³-hybridized carbons (Fsp3) is 0.167. The van der Waals surface area contributed by atoms with Crippen molar-refractivity contribution in [3.63, 3.8) is 0 Å². The number of hydrogen-bond acceptors (Lipinski definition) is 4. The van der Waals surface area contributed by atoms with E-state index in [9.17, 15) is 16.8 Å². The summed E-state index contributed by atoms with van der Waals surface area (Å²) in [5, 5.41) is 1.74. The predicted octanol–water partition coefficient (Wildman–Crippen LogP) is 1.44. The third-order valence-corrected chi connectivity index (χ3v) is 4.25. The Labute approximate surface area is 123 Å². The normalized spacial score (nSPS) is 12.0. The molecule has 116 valence electrons. The number of nitrogens with zero attached hydrogens (tertiary/aromatic N) is 1. The molecule has 0 aliphatic carbocycles. The van der Waals surface area contributed by atoms with Crippen LogP contribution < -0.4 is 0 Å². The van der Waals surface area contributed by atoms with Gasteiger partial charge in [0, 0.05) is 14.1 Å². The third kappa shape index (κ3) is 5.40. The van der Waals surface area contributed by atoms with Crippen molar-refractivity contribution in [2.24, 2.45) is 0 Å². The minimum atomic E-state index is -4.09. The van der Waals surface area contributed by atoms with Gasteiger partial charge in [-0.05, 0) is 22.9 Å². The minimum Gasteiger partial charge on any atom is -0.282 e. The van der Waals surface area contributed by atoms with Gasteiger partial charge in [0.25, 0.3) is 10.1 Å². The number of hydrogen-bond donors (Lipinski definition) is 2. The highest BCUT2D eigenvalue weighted by Crippen LogP contribution is 2.18. The molecule has 0 saturated carbocycles. The molecule has 2 rings (SSSR count). The molecule has 0 heterocycles. The van der Waals surface area contributed by atoms with E-state index >= 15 is 0 Å². The zero-order valence-corrected chi connectivity index (χ0v) is 13.0. The highest BCUT2D eigenvalue weighted by Gasteiger charge is 2.08. The fourth-order valence-electron chi connectivity index (χ4n) is 1.33. The summed E-state index contributed by atoms with van der Waals surface area (Å²) in [5.74, 6) is 0. The first-order valence-electron chi connectivity index (χ1n) is 5.63. The smallest absolute Gasteiger partial charge is 0.282 e. The van der Waals surface area contributed by atoms with Gasteiger partial charge in [0.05, 0.1) is 4.90 Å². The Morgan fingerprint density at radius 2 is 1.33 bits per heavy atom. The largest absolute Gasteiger partial charge is 0.335 e. The van der Waals surface area contributed by atoms with E-state index in [4.69, 9.17) is 9.11 Å². The standard InChI is InChI=1S/C10H8O3S.C2H7NO3S/c11-14(12,13)10-6-5-8-3-1-2-4-9(8)7-10;1-3(2)7(4,5)6/h1-7H,(H,11,12,13);1-2H3,(H,4,5,6). The number of rotatable bonds is 2. The first-order valence-corrected chi connectivity index (χ1v) is 8.47. The fourth-order valence-corrected chi connectivity index (χ4v) is 1.84. The van der Waals surface area contributed by atoms with E-state index in [1.54, 1.807) is 12.1 Å². The Morgan fingerprint density at radius 3 is 1.76 bits per heavy atom. The molecule has 0 amide bonds. The zero-order chi connectivity index (χ0) is 16.3. The van der Waals surface area contributed by atoms with Crippen LogP contribution in [0.25, 0.3) is 10.8 Å². The topological polar surface area (TPSA) is 112 Å². The van der Waals surface area contributed by atoms with E-state index in [2.05, 4.69) is 0 Å². The summed E-state index contributed by atoms with van der Waals surface area (Å²) in [7, 11) is -5.51. The van der Waals surface area contributed by atoms with E-state index in [0.29, 0.717) is 4.31 Å². The van der Waals surface area contributed by atoms with Gasteiger partial charge < -0.3 is 0 Å². The van der Waals surface area contributed by atoms with E-state index in [1.807, 2.05) is 18.2 Å². The van der Waals surface area contributed by atoms with Crippen LogP contribution in [0.4, 0.5) is 0 Å². The monoisotopic (exact) mass is 333 g/mol. The van der Waals surface area contributed by atoms with E-state index in [1.165, 1.54) is 26.2 Å². The molecule has 0 aromatic heterocycles. The van der Waals surface area contributed by atoms with Crippen molar-refractivity contribution in [2.45, 2.75) is 4.90 Å². The second kappa shape index (κ2) is 6.50. The van der Waals surface area contributed by atoms with Crippen LogP contribution in [0, 0.1) is 0 Å². The van der Waals surface area contributed by atoms with Crippen LogP contribution in [0.2, 0.25) is 0 Å². The summed E-state index contributed by atoms with van der Waals surface area (Å²) in [6, 6.07) is 11.9. The van der Waals surface area contributed by atoms with Crippen molar-refractivity contribution in [3.05, 3.63) is 42.5 Å². The van der Waals surface area contributed by atoms with Crippen LogP contribution in [0.1, 0.15) is 0 Å². The minimum absolute atomic E-state index is 0.0730. The first-order chi connectivity index (χ1) is 9.51. The quantitative estimate of drug-likeness (QED) is 0.804. The van der Waals surface area contributed by atoms with Crippen LogP contribution >= 0.6 is 0 Å². The molecule has 0 atom stereocenters. The number of benzene rings is 2. The second-order valence-electron chi connectivity index (χ2n) is 4.24. The Kier molecular flexibility index (Phi) is 5.42. The van der Waals surface area contributed by atoms with Crippen molar-refractivity contribution in [1.29, 1.82) is 0 Å². The van der Waals surface area contributed by atoms with Crippen molar-refractivity contribution in [1.82, 2.24) is 4.31 Å². The van der Waals surface area contributed by atoms with Crippen molar-refractivity contribution in [2.75, 3.05) is 14.1 Å². The summed E-state index contributed by atoms with van der Waals surface area (Å²) in [6.07, 6.45) is 0. The van der Waals surface area contributed by atoms with Crippen LogP contribution in [-0.4, -0.2) is 44.3 Å². The van der Waals surface area contributed by atoms with Gasteiger partial charge in [-0.25, -0.2) is 0 Å². The average Bonchev–Trinajstić information content (AvgIpc) is 2.36. The molecule has 0 saturated heterocycles. The second-order valence-corrected chi connectivity index (χ2v) is 7.29. The van der Waals surface area contributed by atoms with Gasteiger partial charge in [0.1, 0.15) is 0 Å². The van der Waals surface area contributed by atoms with Gasteiger partial charge in [-0.15, -0.1) is 0 Å². The van der Waals surface area contributed by atoms with Crippen LogP contribution in [0.3, 0.4) is 0 Å². The lowest BCUT2D eigenvalue weighted by atomic mass is 10.1. The van der Waals surface area contributed by atoms with Crippen molar-refractivity contribution >= 4 is 31.2 Å². The van der Waals surface area contributed by atoms with Gasteiger partial charge in [-0.3, -0.25) is 9.11 Å². The highest BCUT2D eigenvalue weighted by atomic mass is 32.2. The molecule has 2 aromatic rings. The van der Waals surface area contributed by atoms with Crippen molar-refractivity contribution < 1.29 is 25.9 Å². The average molecular weight is 333 g/mol. The number of fused-ring (bicyclic) bond motifs is 1. The SMILES string of the molecule is CN(C)S(=O)(=O)O.O=S(=O)(O)c1ccc2ccccc2c1. The Morgan fingerprint density at radius 1 is 0.857 bits per heavy atom.